The molecule has 0 aliphatic rings. The Morgan fingerprint density at radius 3 is 2.85 bits per heavy atom. The van der Waals surface area contributed by atoms with Crippen LogP contribution in [0.25, 0.3) is 0 Å². The summed E-state index contributed by atoms with van der Waals surface area (Å²) in [5.41, 5.74) is 3.26. The van der Waals surface area contributed by atoms with Gasteiger partial charge in [0.05, 0.1) is 6.20 Å². The number of aryl methyl sites for hydroxylation is 2. The average molecular weight is 287 g/mol. The van der Waals surface area contributed by atoms with Crippen LogP contribution in [-0.4, -0.2) is 25.0 Å². The second kappa shape index (κ2) is 6.52. The first kappa shape index (κ1) is 14.5. The van der Waals surface area contributed by atoms with Gasteiger partial charge in [0.2, 0.25) is 9.04 Å². The van der Waals surface area contributed by atoms with Crippen LogP contribution in [0.3, 0.4) is 0 Å². The average Bonchev–Trinajstić information content (AvgIpc) is 2.78. The molecule has 1 aromatic heterocycles. The van der Waals surface area contributed by atoms with Crippen LogP contribution in [0, 0.1) is 6.92 Å². The Hall–Kier alpha value is -1.88. The maximum absolute atomic E-state index is 5.92. The zero-order valence-electron chi connectivity index (χ0n) is 12.5. The summed E-state index contributed by atoms with van der Waals surface area (Å²) >= 11 is 0. The van der Waals surface area contributed by atoms with Crippen molar-refractivity contribution >= 4 is 20.9 Å². The Morgan fingerprint density at radius 2 is 2.20 bits per heavy atom. The third kappa shape index (κ3) is 4.06. The zero-order chi connectivity index (χ0) is 14.5. The highest BCUT2D eigenvalue weighted by molar-refractivity contribution is 6.49. The molecule has 2 aromatic rings. The van der Waals surface area contributed by atoms with Crippen LogP contribution in [0.2, 0.25) is 13.1 Å². The van der Waals surface area contributed by atoms with Gasteiger partial charge in [0.25, 0.3) is 0 Å². The number of hydrogen-bond acceptors (Lipinski definition) is 3. The number of aliphatic imine (C=N–C) groups is 1. The van der Waals surface area contributed by atoms with Gasteiger partial charge in [-0.15, -0.1) is 0 Å². The lowest BCUT2D eigenvalue weighted by molar-refractivity contribution is 0.582. The van der Waals surface area contributed by atoms with E-state index in [4.69, 9.17) is 4.43 Å². The first-order valence-electron chi connectivity index (χ1n) is 6.82. The highest BCUT2D eigenvalue weighted by Gasteiger charge is 2.05. The molecule has 0 bridgehead atoms. The molecule has 0 N–H and O–H groups in total. The normalized spacial score (nSPS) is 11.4. The summed E-state index contributed by atoms with van der Waals surface area (Å²) in [6.07, 6.45) is 6.56. The Labute approximate surface area is 121 Å². The van der Waals surface area contributed by atoms with Crippen molar-refractivity contribution in [2.24, 2.45) is 12.0 Å². The smallest absolute Gasteiger partial charge is 0.229 e. The molecule has 1 heterocycles. The molecule has 0 aliphatic heterocycles. The lowest BCUT2D eigenvalue weighted by atomic mass is 10.2. The van der Waals surface area contributed by atoms with E-state index < -0.39 is 9.04 Å². The second-order valence-electron chi connectivity index (χ2n) is 5.18. The van der Waals surface area contributed by atoms with Gasteiger partial charge >= 0.3 is 0 Å². The molecule has 0 amide bonds. The van der Waals surface area contributed by atoms with Crippen LogP contribution in [-0.2, 0) is 13.5 Å². The van der Waals surface area contributed by atoms with Gasteiger partial charge < -0.3 is 4.43 Å². The Morgan fingerprint density at radius 1 is 1.40 bits per heavy atom. The van der Waals surface area contributed by atoms with Crippen LogP contribution >= 0.6 is 0 Å². The Bertz CT molecular complexity index is 605. The van der Waals surface area contributed by atoms with Gasteiger partial charge in [-0.3, -0.25) is 9.67 Å². The summed E-state index contributed by atoms with van der Waals surface area (Å²) < 4.78 is 7.72. The Balaban J connectivity index is 2.12. The minimum absolute atomic E-state index is 0.778. The third-order valence-electron chi connectivity index (χ3n) is 2.79. The standard InChI is InChI=1S/C15H21N3OSi/c1-12-5-6-15(19-20(3)4)14(9-12)16-8-7-13-10-17-18(2)11-13/h5-6,8-11,20H,7H2,1-4H3. The minimum Gasteiger partial charge on any atom is -0.546 e. The van der Waals surface area contributed by atoms with Crippen molar-refractivity contribution in [3.05, 3.63) is 41.7 Å². The van der Waals surface area contributed by atoms with Crippen molar-refractivity contribution in [1.82, 2.24) is 9.78 Å². The fraction of sp³-hybridized carbons (Fsp3) is 0.333. The fourth-order valence-corrected chi connectivity index (χ4v) is 2.62. The van der Waals surface area contributed by atoms with Crippen LogP contribution in [0.15, 0.2) is 35.6 Å². The Kier molecular flexibility index (Phi) is 4.73. The molecular weight excluding hydrogens is 266 g/mol. The van der Waals surface area contributed by atoms with E-state index in [1.807, 2.05) is 31.7 Å². The van der Waals surface area contributed by atoms with E-state index in [-0.39, 0.29) is 0 Å². The predicted octanol–water partition coefficient (Wildman–Crippen LogP) is 3.04. The molecule has 0 saturated carbocycles. The molecule has 0 atom stereocenters. The van der Waals surface area contributed by atoms with Crippen molar-refractivity contribution in [2.75, 3.05) is 0 Å². The largest absolute Gasteiger partial charge is 0.546 e. The molecule has 106 valence electrons. The maximum atomic E-state index is 5.92. The summed E-state index contributed by atoms with van der Waals surface area (Å²) in [7, 11) is 0.799. The van der Waals surface area contributed by atoms with Gasteiger partial charge in [0.1, 0.15) is 11.4 Å². The second-order valence-corrected chi connectivity index (χ2v) is 7.51. The molecule has 2 rings (SSSR count). The van der Waals surface area contributed by atoms with E-state index in [1.54, 1.807) is 4.68 Å². The number of aromatic nitrogens is 2. The first-order valence-corrected chi connectivity index (χ1v) is 9.60. The van der Waals surface area contributed by atoms with E-state index in [0.717, 1.165) is 23.4 Å². The lowest BCUT2D eigenvalue weighted by Gasteiger charge is -2.12. The van der Waals surface area contributed by atoms with Crippen LogP contribution in [0.4, 0.5) is 5.69 Å². The van der Waals surface area contributed by atoms with Crippen molar-refractivity contribution in [3.8, 4) is 5.75 Å². The number of nitrogens with zero attached hydrogens (tertiary/aromatic N) is 3. The van der Waals surface area contributed by atoms with Crippen molar-refractivity contribution < 1.29 is 4.43 Å². The van der Waals surface area contributed by atoms with Gasteiger partial charge in [-0.2, -0.15) is 5.10 Å². The summed E-state index contributed by atoms with van der Waals surface area (Å²) in [6.45, 7) is 6.38. The topological polar surface area (TPSA) is 39.4 Å². The summed E-state index contributed by atoms with van der Waals surface area (Å²) in [5, 5.41) is 4.15. The lowest BCUT2D eigenvalue weighted by Crippen LogP contribution is -2.11. The monoisotopic (exact) mass is 287 g/mol. The van der Waals surface area contributed by atoms with Gasteiger partial charge in [0.15, 0.2) is 0 Å². The molecule has 4 nitrogen and oxygen atoms in total. The first-order chi connectivity index (χ1) is 9.54. The van der Waals surface area contributed by atoms with E-state index in [1.165, 1.54) is 5.56 Å². The fourth-order valence-electron chi connectivity index (χ4n) is 1.91. The summed E-state index contributed by atoms with van der Waals surface area (Å²) in [6, 6.07) is 6.14. The van der Waals surface area contributed by atoms with E-state index in [9.17, 15) is 0 Å². The minimum atomic E-state index is -1.12. The molecule has 0 saturated heterocycles. The van der Waals surface area contributed by atoms with Crippen LogP contribution in [0.1, 0.15) is 11.1 Å². The van der Waals surface area contributed by atoms with Crippen molar-refractivity contribution in [3.63, 3.8) is 0 Å². The third-order valence-corrected chi connectivity index (χ3v) is 3.52. The highest BCUT2D eigenvalue weighted by atomic mass is 28.3. The van der Waals surface area contributed by atoms with Gasteiger partial charge in [-0.25, -0.2) is 0 Å². The van der Waals surface area contributed by atoms with Crippen LogP contribution < -0.4 is 4.43 Å². The van der Waals surface area contributed by atoms with Crippen molar-refractivity contribution in [2.45, 2.75) is 26.4 Å². The van der Waals surface area contributed by atoms with Crippen LogP contribution in [0.5, 0.6) is 5.75 Å². The van der Waals surface area contributed by atoms with E-state index in [0.29, 0.717) is 0 Å². The SMILES string of the molecule is Cc1ccc(O[SiH](C)C)c(N=CCc2cnn(C)c2)c1. The van der Waals surface area contributed by atoms with Gasteiger partial charge in [0, 0.05) is 25.9 Å². The maximum Gasteiger partial charge on any atom is 0.229 e. The highest BCUT2D eigenvalue weighted by Crippen LogP contribution is 2.28. The molecule has 0 unspecified atom stereocenters. The zero-order valence-corrected chi connectivity index (χ0v) is 13.7. The van der Waals surface area contributed by atoms with Crippen molar-refractivity contribution in [1.29, 1.82) is 0 Å². The summed E-state index contributed by atoms with van der Waals surface area (Å²) in [5.74, 6) is 0.889. The number of rotatable bonds is 5. The molecule has 0 spiro atoms. The molecule has 20 heavy (non-hydrogen) atoms. The van der Waals surface area contributed by atoms with E-state index in [2.05, 4.69) is 42.2 Å². The molecule has 0 radical (unpaired) electrons. The quantitative estimate of drug-likeness (QED) is 0.626. The van der Waals surface area contributed by atoms with E-state index >= 15 is 0 Å². The number of hydrogen-bond donors (Lipinski definition) is 0. The molecule has 5 heteroatoms. The number of benzene rings is 1. The molecular formula is C15H21N3OSi. The molecule has 1 aromatic carbocycles. The van der Waals surface area contributed by atoms with Gasteiger partial charge in [-0.05, 0) is 43.3 Å². The predicted molar refractivity (Wildman–Crippen MR) is 85.7 cm³/mol. The molecule has 0 aliphatic carbocycles. The molecule has 0 fully saturated rings. The summed E-state index contributed by atoms with van der Waals surface area (Å²) in [4.78, 5) is 4.56. The van der Waals surface area contributed by atoms with Gasteiger partial charge in [-0.1, -0.05) is 6.07 Å².